The van der Waals surface area contributed by atoms with Crippen LogP contribution in [-0.4, -0.2) is 78.2 Å². The molecule has 0 amide bonds. The van der Waals surface area contributed by atoms with Crippen molar-refractivity contribution in [2.75, 3.05) is 65.4 Å². The Morgan fingerprint density at radius 2 is 1.70 bits per heavy atom. The van der Waals surface area contributed by atoms with Crippen molar-refractivity contribution in [3.8, 4) is 11.5 Å². The molecule has 1 aliphatic heterocycles. The maximum absolute atomic E-state index is 13.1. The molecular weight excluding hydrogens is 426 g/mol. The molecule has 3 rings (SSSR count). The lowest BCUT2D eigenvalue weighted by atomic mass is 10.2. The first kappa shape index (κ1) is 22.7. The lowest BCUT2D eigenvalue weighted by Crippen LogP contribution is -2.48. The molecule has 1 fully saturated rings. The van der Waals surface area contributed by atoms with E-state index < -0.39 is 10.0 Å². The number of anilines is 1. The maximum Gasteiger partial charge on any atom is 0.246 e. The molecule has 0 aliphatic carbocycles. The quantitative estimate of drug-likeness (QED) is 0.612. The van der Waals surface area contributed by atoms with Crippen LogP contribution in [0.1, 0.15) is 0 Å². The zero-order valence-electron chi connectivity index (χ0n) is 17.5. The summed E-state index contributed by atoms with van der Waals surface area (Å²) in [6, 6.07) is 12.6. The van der Waals surface area contributed by atoms with Gasteiger partial charge in [0.25, 0.3) is 0 Å². The standard InChI is InChI=1S/C21H28ClN3O4S/c1-23(2)14-15-29-19-7-5-18(6-8-19)24-10-12-25(13-11-24)30(26,27)21-16-17(22)4-9-20(21)28-3/h4-9,16H,10-15H2,1-3H3. The van der Waals surface area contributed by atoms with Gasteiger partial charge in [0, 0.05) is 43.4 Å². The second kappa shape index (κ2) is 9.87. The average Bonchev–Trinajstić information content (AvgIpc) is 2.74. The van der Waals surface area contributed by atoms with E-state index in [1.54, 1.807) is 12.1 Å². The van der Waals surface area contributed by atoms with Gasteiger partial charge >= 0.3 is 0 Å². The number of piperazine rings is 1. The molecule has 30 heavy (non-hydrogen) atoms. The molecule has 0 atom stereocenters. The first-order chi connectivity index (χ1) is 14.3. The minimum atomic E-state index is -3.68. The minimum Gasteiger partial charge on any atom is -0.495 e. The third-order valence-corrected chi connectivity index (χ3v) is 7.15. The van der Waals surface area contributed by atoms with Crippen LogP contribution >= 0.6 is 11.6 Å². The third kappa shape index (κ3) is 5.37. The summed E-state index contributed by atoms with van der Waals surface area (Å²) in [5.74, 6) is 1.13. The smallest absolute Gasteiger partial charge is 0.246 e. The van der Waals surface area contributed by atoms with Crippen LogP contribution < -0.4 is 14.4 Å². The number of nitrogens with zero attached hydrogens (tertiary/aromatic N) is 3. The molecule has 0 unspecified atom stereocenters. The van der Waals surface area contributed by atoms with Crippen LogP contribution in [0.4, 0.5) is 5.69 Å². The van der Waals surface area contributed by atoms with E-state index in [2.05, 4.69) is 9.80 Å². The molecule has 0 bridgehead atoms. The Morgan fingerprint density at radius 1 is 1.03 bits per heavy atom. The molecule has 0 radical (unpaired) electrons. The summed E-state index contributed by atoms with van der Waals surface area (Å²) in [5, 5.41) is 0.362. The fourth-order valence-electron chi connectivity index (χ4n) is 3.28. The lowest BCUT2D eigenvalue weighted by Gasteiger charge is -2.35. The van der Waals surface area contributed by atoms with Gasteiger partial charge in [0.15, 0.2) is 0 Å². The van der Waals surface area contributed by atoms with Crippen molar-refractivity contribution in [2.24, 2.45) is 0 Å². The Morgan fingerprint density at radius 3 is 2.30 bits per heavy atom. The van der Waals surface area contributed by atoms with E-state index in [0.717, 1.165) is 18.0 Å². The van der Waals surface area contributed by atoms with Crippen molar-refractivity contribution in [3.05, 3.63) is 47.5 Å². The van der Waals surface area contributed by atoms with Gasteiger partial charge in [-0.2, -0.15) is 4.31 Å². The predicted molar refractivity (Wildman–Crippen MR) is 119 cm³/mol. The molecule has 1 aliphatic rings. The van der Waals surface area contributed by atoms with Gasteiger partial charge in [-0.05, 0) is 56.6 Å². The van der Waals surface area contributed by atoms with Crippen LogP contribution in [0.3, 0.4) is 0 Å². The predicted octanol–water partition coefficient (Wildman–Crippen LogP) is 2.80. The summed E-state index contributed by atoms with van der Waals surface area (Å²) in [6.07, 6.45) is 0. The number of halogens is 1. The Bertz CT molecular complexity index is 943. The molecule has 1 heterocycles. The summed E-state index contributed by atoms with van der Waals surface area (Å²) in [6.45, 7) is 3.47. The summed E-state index contributed by atoms with van der Waals surface area (Å²) in [4.78, 5) is 4.34. The van der Waals surface area contributed by atoms with Crippen molar-refractivity contribution in [2.45, 2.75) is 4.90 Å². The first-order valence-corrected chi connectivity index (χ1v) is 11.6. The summed E-state index contributed by atoms with van der Waals surface area (Å²) in [5.41, 5.74) is 1.05. The third-order valence-electron chi connectivity index (χ3n) is 4.99. The van der Waals surface area contributed by atoms with Crippen LogP contribution in [0.25, 0.3) is 0 Å². The number of likely N-dealkylation sites (N-methyl/N-ethyl adjacent to an activating group) is 1. The molecule has 0 N–H and O–H groups in total. The van der Waals surface area contributed by atoms with Gasteiger partial charge in [-0.25, -0.2) is 8.42 Å². The normalized spacial score (nSPS) is 15.4. The molecule has 1 saturated heterocycles. The topological polar surface area (TPSA) is 62.3 Å². The summed E-state index contributed by atoms with van der Waals surface area (Å²) < 4.78 is 38.7. The number of rotatable bonds is 8. The van der Waals surface area contributed by atoms with Crippen LogP contribution in [0.15, 0.2) is 47.4 Å². The molecule has 164 valence electrons. The summed E-state index contributed by atoms with van der Waals surface area (Å²) in [7, 11) is 1.79. The van der Waals surface area contributed by atoms with Crippen molar-refractivity contribution >= 4 is 27.3 Å². The number of ether oxygens (including phenoxy) is 2. The van der Waals surface area contributed by atoms with Gasteiger partial charge in [-0.15, -0.1) is 0 Å². The average molecular weight is 454 g/mol. The number of hydrogen-bond acceptors (Lipinski definition) is 6. The Labute approximate surface area is 183 Å². The van der Waals surface area contributed by atoms with Gasteiger partial charge in [0.1, 0.15) is 23.0 Å². The molecule has 0 saturated carbocycles. The van der Waals surface area contributed by atoms with E-state index in [0.29, 0.717) is 43.6 Å². The van der Waals surface area contributed by atoms with E-state index in [1.165, 1.54) is 17.5 Å². The lowest BCUT2D eigenvalue weighted by molar-refractivity contribution is 0.261. The number of benzene rings is 2. The van der Waals surface area contributed by atoms with Crippen molar-refractivity contribution in [1.82, 2.24) is 9.21 Å². The largest absolute Gasteiger partial charge is 0.495 e. The highest BCUT2D eigenvalue weighted by Gasteiger charge is 2.31. The molecule has 0 spiro atoms. The molecule has 2 aromatic carbocycles. The van der Waals surface area contributed by atoms with Crippen molar-refractivity contribution in [3.63, 3.8) is 0 Å². The highest BCUT2D eigenvalue weighted by atomic mass is 35.5. The zero-order valence-corrected chi connectivity index (χ0v) is 19.1. The Balaban J connectivity index is 1.62. The van der Waals surface area contributed by atoms with Crippen molar-refractivity contribution in [1.29, 1.82) is 0 Å². The minimum absolute atomic E-state index is 0.102. The van der Waals surface area contributed by atoms with Gasteiger partial charge in [0.05, 0.1) is 7.11 Å². The molecule has 2 aromatic rings. The number of methoxy groups -OCH3 is 1. The Hall–Kier alpha value is -2.00. The fraction of sp³-hybridized carbons (Fsp3) is 0.429. The molecule has 7 nitrogen and oxygen atoms in total. The van der Waals surface area contributed by atoms with E-state index in [9.17, 15) is 8.42 Å². The van der Waals surface area contributed by atoms with Gasteiger partial charge in [-0.1, -0.05) is 11.6 Å². The number of sulfonamides is 1. The Kier molecular flexibility index (Phi) is 7.46. The number of hydrogen-bond donors (Lipinski definition) is 0. The molecular formula is C21H28ClN3O4S. The van der Waals surface area contributed by atoms with E-state index >= 15 is 0 Å². The zero-order chi connectivity index (χ0) is 21.7. The SMILES string of the molecule is COc1ccc(Cl)cc1S(=O)(=O)N1CCN(c2ccc(OCCN(C)C)cc2)CC1. The van der Waals surface area contributed by atoms with Crippen LogP contribution in [0, 0.1) is 0 Å². The highest BCUT2D eigenvalue weighted by molar-refractivity contribution is 7.89. The van der Waals surface area contributed by atoms with Crippen LogP contribution in [0.5, 0.6) is 11.5 Å². The monoisotopic (exact) mass is 453 g/mol. The van der Waals surface area contributed by atoms with E-state index in [1.807, 2.05) is 38.4 Å². The fourth-order valence-corrected chi connectivity index (χ4v) is 5.12. The van der Waals surface area contributed by atoms with Gasteiger partial charge in [-0.3, -0.25) is 0 Å². The summed E-state index contributed by atoms with van der Waals surface area (Å²) >= 11 is 6.02. The van der Waals surface area contributed by atoms with Crippen LogP contribution in [0.2, 0.25) is 5.02 Å². The van der Waals surface area contributed by atoms with Gasteiger partial charge < -0.3 is 19.3 Å². The molecule has 9 heteroatoms. The van der Waals surface area contributed by atoms with E-state index in [-0.39, 0.29) is 4.90 Å². The highest BCUT2D eigenvalue weighted by Crippen LogP contribution is 2.30. The van der Waals surface area contributed by atoms with Crippen LogP contribution in [-0.2, 0) is 10.0 Å². The second-order valence-electron chi connectivity index (χ2n) is 7.33. The maximum atomic E-state index is 13.1. The van der Waals surface area contributed by atoms with E-state index in [4.69, 9.17) is 21.1 Å². The first-order valence-electron chi connectivity index (χ1n) is 9.77. The van der Waals surface area contributed by atoms with Crippen molar-refractivity contribution < 1.29 is 17.9 Å². The second-order valence-corrected chi connectivity index (χ2v) is 9.67. The van der Waals surface area contributed by atoms with Gasteiger partial charge in [0.2, 0.25) is 10.0 Å². The molecule has 0 aromatic heterocycles.